The lowest BCUT2D eigenvalue weighted by Gasteiger charge is -2.10. The van der Waals surface area contributed by atoms with Gasteiger partial charge in [0.1, 0.15) is 39.3 Å². The number of amides is 2. The summed E-state index contributed by atoms with van der Waals surface area (Å²) in [6, 6.07) is 9.58. The zero-order chi connectivity index (χ0) is 28.6. The van der Waals surface area contributed by atoms with Gasteiger partial charge in [-0.1, -0.05) is 0 Å². The van der Waals surface area contributed by atoms with Crippen LogP contribution in [-0.2, 0) is 13.2 Å². The van der Waals surface area contributed by atoms with E-state index in [1.165, 1.54) is 42.5 Å². The highest BCUT2D eigenvalue weighted by atomic mass is 32.1. The van der Waals surface area contributed by atoms with Crippen LogP contribution in [0.2, 0.25) is 0 Å². The first-order valence-corrected chi connectivity index (χ1v) is 12.8. The first-order chi connectivity index (χ1) is 19.1. The number of aryl methyl sites for hydroxylation is 2. The van der Waals surface area contributed by atoms with Gasteiger partial charge in [0.2, 0.25) is 0 Å². The summed E-state index contributed by atoms with van der Waals surface area (Å²) in [5.41, 5.74) is 6.58. The number of fused-ring (bicyclic) bond motifs is 1. The van der Waals surface area contributed by atoms with Crippen LogP contribution in [0, 0.1) is 12.7 Å². The van der Waals surface area contributed by atoms with Gasteiger partial charge in [-0.2, -0.15) is 5.10 Å². The number of halogens is 3. The van der Waals surface area contributed by atoms with Crippen molar-refractivity contribution in [2.75, 3.05) is 5.32 Å². The average molecular weight is 570 g/mol. The van der Waals surface area contributed by atoms with Crippen LogP contribution in [0.25, 0.3) is 21.3 Å². The SMILES string of the molecule is CCn1cc(-c2cc(C(F)F)nc3sc(C(N)=O)c(NC(=O)c4ccc(COc5ccc(F)cc5)o4)c23)c(C)n1. The lowest BCUT2D eigenvalue weighted by atomic mass is 10.0. The molecule has 2 amide bonds. The van der Waals surface area contributed by atoms with Gasteiger partial charge in [0.05, 0.1) is 11.4 Å². The van der Waals surface area contributed by atoms with Crippen LogP contribution >= 0.6 is 11.3 Å². The van der Waals surface area contributed by atoms with Crippen molar-refractivity contribution in [1.29, 1.82) is 0 Å². The minimum atomic E-state index is -2.87. The van der Waals surface area contributed by atoms with Crippen molar-refractivity contribution in [1.82, 2.24) is 14.8 Å². The molecule has 0 spiro atoms. The fourth-order valence-electron chi connectivity index (χ4n) is 4.12. The number of aromatic nitrogens is 3. The van der Waals surface area contributed by atoms with Crippen LogP contribution < -0.4 is 15.8 Å². The predicted molar refractivity (Wildman–Crippen MR) is 142 cm³/mol. The number of anilines is 1. The molecule has 13 heteroatoms. The van der Waals surface area contributed by atoms with E-state index in [-0.39, 0.29) is 33.1 Å². The molecule has 206 valence electrons. The Balaban J connectivity index is 1.52. The van der Waals surface area contributed by atoms with Crippen molar-refractivity contribution in [2.45, 2.75) is 33.4 Å². The second-order valence-electron chi connectivity index (χ2n) is 8.69. The molecule has 0 aliphatic rings. The van der Waals surface area contributed by atoms with Crippen LogP contribution in [-0.4, -0.2) is 26.6 Å². The third-order valence-corrected chi connectivity index (χ3v) is 7.11. The van der Waals surface area contributed by atoms with Crippen molar-refractivity contribution in [3.8, 4) is 16.9 Å². The summed E-state index contributed by atoms with van der Waals surface area (Å²) in [4.78, 5) is 29.7. The van der Waals surface area contributed by atoms with Crippen molar-refractivity contribution in [2.24, 2.45) is 5.73 Å². The maximum atomic E-state index is 13.8. The van der Waals surface area contributed by atoms with E-state index in [4.69, 9.17) is 14.9 Å². The minimum Gasteiger partial charge on any atom is -0.486 e. The molecule has 4 heterocycles. The Morgan fingerprint density at radius 1 is 1.18 bits per heavy atom. The molecule has 0 atom stereocenters. The number of nitrogens with zero attached hydrogens (tertiary/aromatic N) is 3. The van der Waals surface area contributed by atoms with Crippen LogP contribution in [0.3, 0.4) is 0 Å². The molecular weight excluding hydrogens is 547 g/mol. The molecule has 0 fully saturated rings. The summed E-state index contributed by atoms with van der Waals surface area (Å²) < 4.78 is 53.4. The Hall–Kier alpha value is -4.65. The first kappa shape index (κ1) is 26.9. The minimum absolute atomic E-state index is 0.0298. The number of hydrogen-bond donors (Lipinski definition) is 2. The fourth-order valence-corrected chi connectivity index (χ4v) is 5.13. The van der Waals surface area contributed by atoms with Crippen LogP contribution in [0.15, 0.2) is 53.1 Å². The molecule has 3 N–H and O–H groups in total. The molecular formula is C27H22F3N5O4S. The van der Waals surface area contributed by atoms with Crippen molar-refractivity contribution >= 4 is 39.1 Å². The molecule has 0 aliphatic heterocycles. The number of primary amides is 1. The van der Waals surface area contributed by atoms with Gasteiger partial charge >= 0.3 is 0 Å². The number of benzene rings is 1. The molecule has 9 nitrogen and oxygen atoms in total. The number of furan rings is 1. The van der Waals surface area contributed by atoms with E-state index in [1.807, 2.05) is 6.92 Å². The van der Waals surface area contributed by atoms with Crippen molar-refractivity contribution in [3.05, 3.63) is 82.3 Å². The fraction of sp³-hybridized carbons (Fsp3) is 0.185. The largest absolute Gasteiger partial charge is 0.486 e. The highest BCUT2D eigenvalue weighted by Gasteiger charge is 2.27. The predicted octanol–water partition coefficient (Wildman–Crippen LogP) is 6.09. The smallest absolute Gasteiger partial charge is 0.291 e. The second kappa shape index (κ2) is 10.8. The number of nitrogens with one attached hydrogen (secondary N) is 1. The van der Waals surface area contributed by atoms with E-state index in [0.717, 1.165) is 11.3 Å². The van der Waals surface area contributed by atoms with Gasteiger partial charge < -0.3 is 20.2 Å². The molecule has 0 bridgehead atoms. The highest BCUT2D eigenvalue weighted by molar-refractivity contribution is 7.21. The number of alkyl halides is 2. The molecule has 0 radical (unpaired) electrons. The Bertz CT molecular complexity index is 1730. The summed E-state index contributed by atoms with van der Waals surface area (Å²) >= 11 is 0.802. The number of pyridine rings is 1. The van der Waals surface area contributed by atoms with Crippen LogP contribution in [0.1, 0.15) is 50.7 Å². The lowest BCUT2D eigenvalue weighted by molar-refractivity contribution is 0.0992. The van der Waals surface area contributed by atoms with Gasteiger partial charge in [0.15, 0.2) is 5.76 Å². The molecule has 0 saturated heterocycles. The zero-order valence-electron chi connectivity index (χ0n) is 21.2. The van der Waals surface area contributed by atoms with E-state index in [1.54, 1.807) is 17.8 Å². The van der Waals surface area contributed by atoms with Gasteiger partial charge in [-0.15, -0.1) is 11.3 Å². The maximum Gasteiger partial charge on any atom is 0.291 e. The molecule has 1 aromatic carbocycles. The van der Waals surface area contributed by atoms with Crippen LogP contribution in [0.5, 0.6) is 5.75 Å². The normalized spacial score (nSPS) is 11.3. The number of carbonyl (C=O) groups excluding carboxylic acids is 2. The molecule has 5 aromatic rings. The molecule has 0 unspecified atom stereocenters. The first-order valence-electron chi connectivity index (χ1n) is 12.0. The molecule has 40 heavy (non-hydrogen) atoms. The van der Waals surface area contributed by atoms with Crippen molar-refractivity contribution < 1.29 is 31.9 Å². The number of nitrogens with two attached hydrogens (primary N) is 1. The Morgan fingerprint density at radius 3 is 2.58 bits per heavy atom. The lowest BCUT2D eigenvalue weighted by Crippen LogP contribution is -2.16. The summed E-state index contributed by atoms with van der Waals surface area (Å²) in [5.74, 6) is -1.35. The van der Waals surface area contributed by atoms with Crippen molar-refractivity contribution in [3.63, 3.8) is 0 Å². The molecule has 5 rings (SSSR count). The van der Waals surface area contributed by atoms with Gasteiger partial charge in [0.25, 0.3) is 18.2 Å². The van der Waals surface area contributed by atoms with E-state index in [0.29, 0.717) is 34.9 Å². The van der Waals surface area contributed by atoms with E-state index < -0.39 is 29.8 Å². The topological polar surface area (TPSA) is 125 Å². The molecule has 4 aromatic heterocycles. The van der Waals surface area contributed by atoms with Gasteiger partial charge in [-0.3, -0.25) is 14.3 Å². The number of thiophene rings is 1. The highest BCUT2D eigenvalue weighted by Crippen LogP contribution is 2.43. The number of ether oxygens (including phenoxy) is 1. The van der Waals surface area contributed by atoms with E-state index >= 15 is 0 Å². The summed E-state index contributed by atoms with van der Waals surface area (Å²) in [6.07, 6.45) is -1.17. The molecule has 0 aliphatic carbocycles. The zero-order valence-corrected chi connectivity index (χ0v) is 22.0. The Kier molecular flexibility index (Phi) is 7.30. The standard InChI is InChI=1S/C27H22F3N5O4S/c1-3-35-11-18(13(2)34-35)17-10-19(24(29)30)32-27-21(17)22(23(40-27)25(31)36)33-26(37)20-9-8-16(39-20)12-38-15-6-4-14(28)5-7-15/h4-11,24H,3,12H2,1-2H3,(H2,31,36)(H,33,37). The second-order valence-corrected chi connectivity index (χ2v) is 9.69. The Labute approximate surface area is 229 Å². The third kappa shape index (κ3) is 5.27. The number of hydrogen-bond acceptors (Lipinski definition) is 7. The summed E-state index contributed by atoms with van der Waals surface area (Å²) in [6.45, 7) is 4.13. The van der Waals surface area contributed by atoms with Gasteiger partial charge in [0, 0.05) is 23.7 Å². The summed E-state index contributed by atoms with van der Waals surface area (Å²) in [7, 11) is 0. The summed E-state index contributed by atoms with van der Waals surface area (Å²) in [5, 5.41) is 7.34. The van der Waals surface area contributed by atoms with Gasteiger partial charge in [-0.05, 0) is 61.9 Å². The van der Waals surface area contributed by atoms with Crippen LogP contribution in [0.4, 0.5) is 18.9 Å². The van der Waals surface area contributed by atoms with E-state index in [9.17, 15) is 22.8 Å². The molecule has 0 saturated carbocycles. The van der Waals surface area contributed by atoms with E-state index in [2.05, 4.69) is 15.4 Å². The van der Waals surface area contributed by atoms with Gasteiger partial charge in [-0.25, -0.2) is 18.2 Å². The maximum absolute atomic E-state index is 13.8. The number of carbonyl (C=O) groups is 2. The average Bonchev–Trinajstić information content (AvgIpc) is 3.65. The monoisotopic (exact) mass is 569 g/mol. The third-order valence-electron chi connectivity index (χ3n) is 6.01. The Morgan fingerprint density at radius 2 is 1.93 bits per heavy atom. The number of rotatable bonds is 9. The quantitative estimate of drug-likeness (QED) is 0.221.